The molecule has 0 spiro atoms. The van der Waals surface area contributed by atoms with Crippen molar-refractivity contribution >= 4 is 27.4 Å². The zero-order valence-electron chi connectivity index (χ0n) is 12.8. The van der Waals surface area contributed by atoms with E-state index in [2.05, 4.69) is 0 Å². The van der Waals surface area contributed by atoms with Gasteiger partial charge in [0.25, 0.3) is 10.0 Å². The topological polar surface area (TPSA) is 66.9 Å². The molecular weight excluding hydrogens is 316 g/mol. The van der Waals surface area contributed by atoms with Gasteiger partial charge in [-0.1, -0.05) is 12.1 Å². The smallest absolute Gasteiger partial charge is 0.343 e. The van der Waals surface area contributed by atoms with Gasteiger partial charge in [-0.05, 0) is 43.3 Å². The molecule has 0 unspecified atom stereocenters. The highest BCUT2D eigenvalue weighted by Crippen LogP contribution is 2.37. The summed E-state index contributed by atoms with van der Waals surface area (Å²) in [5.41, 5.74) is 0.688. The Hall–Kier alpha value is -2.54. The molecule has 1 aliphatic heterocycles. The molecule has 0 radical (unpaired) electrons. The maximum absolute atomic E-state index is 12.9. The van der Waals surface area contributed by atoms with E-state index < -0.39 is 16.1 Å². The largest absolute Gasteiger partial charge is 0.497 e. The highest BCUT2D eigenvalue weighted by atomic mass is 32.2. The Labute approximate surface area is 134 Å². The quantitative estimate of drug-likeness (QED) is 0.867. The number of hydrogen-bond acceptors (Lipinski definition) is 4. The van der Waals surface area contributed by atoms with Crippen LogP contribution >= 0.6 is 0 Å². The Morgan fingerprint density at radius 3 is 2.30 bits per heavy atom. The van der Waals surface area contributed by atoms with Crippen LogP contribution in [-0.4, -0.2) is 28.1 Å². The molecule has 0 aromatic heterocycles. The Bertz CT molecular complexity index is 847. The van der Waals surface area contributed by atoms with E-state index in [0.717, 1.165) is 4.31 Å². The van der Waals surface area contributed by atoms with Crippen LogP contribution in [-0.2, 0) is 10.0 Å². The number of urea groups is 1. The summed E-state index contributed by atoms with van der Waals surface area (Å²) >= 11 is 0. The average Bonchev–Trinajstić information content (AvgIpc) is 2.56. The zero-order chi connectivity index (χ0) is 16.6. The summed E-state index contributed by atoms with van der Waals surface area (Å²) in [4.78, 5) is 14.3. The number of carbonyl (C=O) groups excluding carboxylic acids is 1. The number of anilines is 2. The summed E-state index contributed by atoms with van der Waals surface area (Å²) in [6.45, 7) is 2.18. The molecule has 2 amide bonds. The second-order valence-corrected chi connectivity index (χ2v) is 6.72. The fourth-order valence-electron chi connectivity index (χ4n) is 2.58. The standard InChI is InChI=1S/C16H16N2O4S/c1-3-17-14-6-4-5-7-15(14)23(20,21)18(16(17)19)12-8-10-13(22-2)11-9-12/h4-11H,3H2,1-2H3. The minimum absolute atomic E-state index is 0.122. The van der Waals surface area contributed by atoms with Gasteiger partial charge in [0.1, 0.15) is 10.6 Å². The van der Waals surface area contributed by atoms with Gasteiger partial charge in [-0.2, -0.15) is 4.31 Å². The van der Waals surface area contributed by atoms with Gasteiger partial charge < -0.3 is 4.74 Å². The van der Waals surface area contributed by atoms with Crippen LogP contribution in [0.25, 0.3) is 0 Å². The van der Waals surface area contributed by atoms with Gasteiger partial charge in [0.15, 0.2) is 0 Å². The molecule has 6 nitrogen and oxygen atoms in total. The predicted molar refractivity (Wildman–Crippen MR) is 87.5 cm³/mol. The molecule has 2 aromatic rings. The van der Waals surface area contributed by atoms with Crippen molar-refractivity contribution in [1.29, 1.82) is 0 Å². The number of para-hydroxylation sites is 1. The van der Waals surface area contributed by atoms with E-state index in [1.165, 1.54) is 18.1 Å². The van der Waals surface area contributed by atoms with Gasteiger partial charge >= 0.3 is 6.03 Å². The molecule has 7 heteroatoms. The van der Waals surface area contributed by atoms with Crippen molar-refractivity contribution in [2.45, 2.75) is 11.8 Å². The third-order valence-corrected chi connectivity index (χ3v) is 5.45. The van der Waals surface area contributed by atoms with E-state index in [0.29, 0.717) is 18.0 Å². The number of methoxy groups -OCH3 is 1. The number of sulfonamides is 1. The molecule has 0 bridgehead atoms. The summed E-state index contributed by atoms with van der Waals surface area (Å²) in [5, 5.41) is 0. The van der Waals surface area contributed by atoms with Crippen molar-refractivity contribution in [3.8, 4) is 5.75 Å². The number of nitrogens with zero attached hydrogens (tertiary/aromatic N) is 2. The molecule has 0 saturated heterocycles. The van der Waals surface area contributed by atoms with Crippen LogP contribution in [0.15, 0.2) is 53.4 Å². The lowest BCUT2D eigenvalue weighted by molar-refractivity contribution is 0.254. The number of rotatable bonds is 3. The minimum Gasteiger partial charge on any atom is -0.497 e. The van der Waals surface area contributed by atoms with E-state index in [4.69, 9.17) is 4.74 Å². The second-order valence-electron chi connectivity index (χ2n) is 4.96. The predicted octanol–water partition coefficient (Wildman–Crippen LogP) is 2.85. The molecule has 120 valence electrons. The normalized spacial score (nSPS) is 16.2. The van der Waals surface area contributed by atoms with Crippen LogP contribution < -0.4 is 13.9 Å². The third kappa shape index (κ3) is 2.33. The van der Waals surface area contributed by atoms with E-state index in [-0.39, 0.29) is 10.6 Å². The molecule has 3 rings (SSSR count). The highest BCUT2D eigenvalue weighted by Gasteiger charge is 2.41. The van der Waals surface area contributed by atoms with Crippen molar-refractivity contribution in [2.75, 3.05) is 22.9 Å². The van der Waals surface area contributed by atoms with Crippen molar-refractivity contribution in [3.05, 3.63) is 48.5 Å². The summed E-state index contributed by atoms with van der Waals surface area (Å²) < 4.78 is 31.7. The molecule has 1 aliphatic rings. The monoisotopic (exact) mass is 332 g/mol. The Balaban J connectivity index is 2.19. The highest BCUT2D eigenvalue weighted by molar-refractivity contribution is 7.94. The van der Waals surface area contributed by atoms with E-state index in [1.54, 1.807) is 49.4 Å². The van der Waals surface area contributed by atoms with Gasteiger partial charge in [-0.25, -0.2) is 13.2 Å². The molecule has 0 saturated carbocycles. The molecule has 0 atom stereocenters. The molecule has 0 fully saturated rings. The number of benzene rings is 2. The van der Waals surface area contributed by atoms with Gasteiger partial charge in [0.05, 0.1) is 18.5 Å². The Morgan fingerprint density at radius 1 is 1.04 bits per heavy atom. The lowest BCUT2D eigenvalue weighted by Crippen LogP contribution is -2.51. The summed E-state index contributed by atoms with van der Waals surface area (Å²) in [7, 11) is -2.43. The molecule has 2 aromatic carbocycles. The summed E-state index contributed by atoms with van der Waals surface area (Å²) in [5.74, 6) is 0.586. The molecule has 0 N–H and O–H groups in total. The van der Waals surface area contributed by atoms with Crippen molar-refractivity contribution in [3.63, 3.8) is 0 Å². The van der Waals surface area contributed by atoms with Crippen LogP contribution in [0, 0.1) is 0 Å². The van der Waals surface area contributed by atoms with Crippen molar-refractivity contribution in [1.82, 2.24) is 0 Å². The number of carbonyl (C=O) groups is 1. The first-order valence-electron chi connectivity index (χ1n) is 7.10. The summed E-state index contributed by atoms with van der Waals surface area (Å²) in [6.07, 6.45) is 0. The number of amides is 2. The second kappa shape index (κ2) is 5.58. The number of fused-ring (bicyclic) bond motifs is 1. The first-order valence-corrected chi connectivity index (χ1v) is 8.54. The molecule has 0 aliphatic carbocycles. The fraction of sp³-hybridized carbons (Fsp3) is 0.188. The van der Waals surface area contributed by atoms with Gasteiger partial charge in [0.2, 0.25) is 0 Å². The number of ether oxygens (including phenoxy) is 1. The van der Waals surface area contributed by atoms with Gasteiger partial charge in [-0.15, -0.1) is 0 Å². The lowest BCUT2D eigenvalue weighted by Gasteiger charge is -2.35. The van der Waals surface area contributed by atoms with Crippen molar-refractivity contribution in [2.24, 2.45) is 0 Å². The van der Waals surface area contributed by atoms with E-state index in [9.17, 15) is 13.2 Å². The average molecular weight is 332 g/mol. The fourth-order valence-corrected chi connectivity index (χ4v) is 4.18. The minimum atomic E-state index is -3.95. The summed E-state index contributed by atoms with van der Waals surface area (Å²) in [6, 6.07) is 12.3. The van der Waals surface area contributed by atoms with Crippen molar-refractivity contribution < 1.29 is 17.9 Å². The Morgan fingerprint density at radius 2 is 1.70 bits per heavy atom. The third-order valence-electron chi connectivity index (χ3n) is 3.70. The molecular formula is C16H16N2O4S. The number of hydrogen-bond donors (Lipinski definition) is 0. The van der Waals surface area contributed by atoms with Crippen LogP contribution in [0.1, 0.15) is 6.92 Å². The maximum Gasteiger partial charge on any atom is 0.343 e. The van der Waals surface area contributed by atoms with Crippen LogP contribution in [0.4, 0.5) is 16.2 Å². The van der Waals surface area contributed by atoms with Crippen LogP contribution in [0.5, 0.6) is 5.75 Å². The maximum atomic E-state index is 12.9. The Kier molecular flexibility index (Phi) is 3.73. The first-order chi connectivity index (χ1) is 11.0. The van der Waals surface area contributed by atoms with Gasteiger partial charge in [-0.3, -0.25) is 4.90 Å². The zero-order valence-corrected chi connectivity index (χ0v) is 13.6. The van der Waals surface area contributed by atoms with Crippen LogP contribution in [0.3, 0.4) is 0 Å². The molecule has 1 heterocycles. The first kappa shape index (κ1) is 15.4. The van der Waals surface area contributed by atoms with E-state index in [1.807, 2.05) is 0 Å². The lowest BCUT2D eigenvalue weighted by atomic mass is 10.2. The van der Waals surface area contributed by atoms with E-state index >= 15 is 0 Å². The molecule has 23 heavy (non-hydrogen) atoms. The van der Waals surface area contributed by atoms with Crippen LogP contribution in [0.2, 0.25) is 0 Å². The van der Waals surface area contributed by atoms with Gasteiger partial charge in [0, 0.05) is 6.54 Å². The SMILES string of the molecule is CCN1C(=O)N(c2ccc(OC)cc2)S(=O)(=O)c2ccccc21.